The van der Waals surface area contributed by atoms with Crippen molar-refractivity contribution in [1.82, 2.24) is 5.32 Å². The van der Waals surface area contributed by atoms with Gasteiger partial charge in [0.05, 0.1) is 5.57 Å². The van der Waals surface area contributed by atoms with Crippen molar-refractivity contribution >= 4 is 17.3 Å². The highest BCUT2D eigenvalue weighted by molar-refractivity contribution is 6.34. The summed E-state index contributed by atoms with van der Waals surface area (Å²) in [5.74, 6) is 0.0857. The molecule has 0 spiro atoms. The van der Waals surface area contributed by atoms with Crippen molar-refractivity contribution in [3.05, 3.63) is 41.0 Å². The number of carbonyl (C=O) groups excluding carboxylic acids is 2. The van der Waals surface area contributed by atoms with Crippen LogP contribution in [-0.4, -0.2) is 18.2 Å². The fraction of sp³-hybridized carbons (Fsp3) is 0.474. The average molecular weight is 297 g/mol. The fourth-order valence-electron chi connectivity index (χ4n) is 3.64. The predicted molar refractivity (Wildman–Crippen MR) is 87.6 cm³/mol. The quantitative estimate of drug-likeness (QED) is 0.664. The van der Waals surface area contributed by atoms with Crippen molar-refractivity contribution in [2.24, 2.45) is 5.92 Å². The molecule has 0 aromatic heterocycles. The summed E-state index contributed by atoms with van der Waals surface area (Å²) >= 11 is 0. The Hall–Kier alpha value is -1.90. The van der Waals surface area contributed by atoms with E-state index in [-0.39, 0.29) is 11.7 Å². The van der Waals surface area contributed by atoms with E-state index in [1.54, 1.807) is 0 Å². The molecule has 0 bridgehead atoms. The van der Waals surface area contributed by atoms with Gasteiger partial charge in [-0.25, -0.2) is 0 Å². The third-order valence-corrected chi connectivity index (χ3v) is 4.76. The molecule has 1 aromatic carbocycles. The van der Waals surface area contributed by atoms with Gasteiger partial charge < -0.3 is 5.32 Å². The van der Waals surface area contributed by atoms with E-state index in [2.05, 4.69) is 12.2 Å². The Morgan fingerprint density at radius 1 is 1.18 bits per heavy atom. The van der Waals surface area contributed by atoms with Crippen LogP contribution >= 0.6 is 0 Å². The van der Waals surface area contributed by atoms with Gasteiger partial charge in [0.25, 0.3) is 5.91 Å². The molecule has 0 radical (unpaired) electrons. The molecule has 1 aromatic rings. The molecule has 1 amide bonds. The van der Waals surface area contributed by atoms with Crippen LogP contribution in [0.4, 0.5) is 0 Å². The highest BCUT2D eigenvalue weighted by Crippen LogP contribution is 2.44. The molecular formula is C19H23NO2. The molecule has 22 heavy (non-hydrogen) atoms. The van der Waals surface area contributed by atoms with Gasteiger partial charge in [-0.1, -0.05) is 50.5 Å². The Labute approximate surface area is 131 Å². The second-order valence-electron chi connectivity index (χ2n) is 6.25. The lowest BCUT2D eigenvalue weighted by molar-refractivity contribution is -0.117. The lowest BCUT2D eigenvalue weighted by Gasteiger charge is -2.14. The molecule has 0 atom stereocenters. The number of fused-ring (bicyclic) bond motifs is 1. The first kappa shape index (κ1) is 15.0. The van der Waals surface area contributed by atoms with Crippen molar-refractivity contribution in [2.45, 2.75) is 45.4 Å². The SMILES string of the molecule is CCCCNC(=O)C1=C(C2CCCC2)c2ccccc2C1=O. The Kier molecular flexibility index (Phi) is 4.41. The Morgan fingerprint density at radius 2 is 1.86 bits per heavy atom. The van der Waals surface area contributed by atoms with Gasteiger partial charge >= 0.3 is 0 Å². The molecule has 0 heterocycles. The summed E-state index contributed by atoms with van der Waals surface area (Å²) in [7, 11) is 0. The molecule has 3 nitrogen and oxygen atoms in total. The lowest BCUT2D eigenvalue weighted by atomic mass is 9.90. The molecule has 3 heteroatoms. The molecule has 0 saturated heterocycles. The van der Waals surface area contributed by atoms with Crippen LogP contribution in [0.25, 0.3) is 5.57 Å². The monoisotopic (exact) mass is 297 g/mol. The topological polar surface area (TPSA) is 46.2 Å². The summed E-state index contributed by atoms with van der Waals surface area (Å²) < 4.78 is 0. The lowest BCUT2D eigenvalue weighted by Crippen LogP contribution is -2.29. The Bertz CT molecular complexity index is 624. The maximum atomic E-state index is 12.7. The minimum Gasteiger partial charge on any atom is -0.352 e. The van der Waals surface area contributed by atoms with Crippen LogP contribution < -0.4 is 5.32 Å². The largest absolute Gasteiger partial charge is 0.352 e. The van der Waals surface area contributed by atoms with E-state index in [0.717, 1.165) is 36.8 Å². The van der Waals surface area contributed by atoms with Gasteiger partial charge in [0, 0.05) is 12.1 Å². The normalized spacial score (nSPS) is 18.0. The summed E-state index contributed by atoms with van der Waals surface area (Å²) in [5, 5.41) is 2.93. The molecule has 116 valence electrons. The van der Waals surface area contributed by atoms with Crippen LogP contribution in [0.15, 0.2) is 29.8 Å². The molecular weight excluding hydrogens is 274 g/mol. The van der Waals surface area contributed by atoms with E-state index in [4.69, 9.17) is 0 Å². The standard InChI is InChI=1S/C19H23NO2/c1-2-3-12-20-19(22)17-16(13-8-4-5-9-13)14-10-6-7-11-15(14)18(17)21/h6-7,10-11,13H,2-5,8-9,12H2,1H3,(H,20,22). The number of carbonyl (C=O) groups is 2. The van der Waals surface area contributed by atoms with E-state index in [9.17, 15) is 9.59 Å². The Morgan fingerprint density at radius 3 is 2.55 bits per heavy atom. The van der Waals surface area contributed by atoms with Crippen LogP contribution in [0.3, 0.4) is 0 Å². The van der Waals surface area contributed by atoms with E-state index in [1.807, 2.05) is 24.3 Å². The van der Waals surface area contributed by atoms with Gasteiger partial charge in [-0.3, -0.25) is 9.59 Å². The summed E-state index contributed by atoms with van der Waals surface area (Å²) in [5.41, 5.74) is 3.10. The van der Waals surface area contributed by atoms with E-state index in [0.29, 0.717) is 23.6 Å². The molecule has 1 saturated carbocycles. The van der Waals surface area contributed by atoms with Crippen molar-refractivity contribution in [3.8, 4) is 0 Å². The maximum absolute atomic E-state index is 12.7. The van der Waals surface area contributed by atoms with Crippen molar-refractivity contribution in [2.75, 3.05) is 6.54 Å². The van der Waals surface area contributed by atoms with Gasteiger partial charge in [-0.2, -0.15) is 0 Å². The highest BCUT2D eigenvalue weighted by atomic mass is 16.2. The van der Waals surface area contributed by atoms with Gasteiger partial charge in [0.1, 0.15) is 0 Å². The van der Waals surface area contributed by atoms with Crippen molar-refractivity contribution < 1.29 is 9.59 Å². The minimum atomic E-state index is -0.184. The number of nitrogens with one attached hydrogen (secondary N) is 1. The van der Waals surface area contributed by atoms with Crippen molar-refractivity contribution in [3.63, 3.8) is 0 Å². The molecule has 1 fully saturated rings. The molecule has 0 unspecified atom stereocenters. The van der Waals surface area contributed by atoms with Gasteiger partial charge in [-0.05, 0) is 36.3 Å². The third-order valence-electron chi connectivity index (χ3n) is 4.76. The van der Waals surface area contributed by atoms with Gasteiger partial charge in [-0.15, -0.1) is 0 Å². The van der Waals surface area contributed by atoms with Crippen LogP contribution in [-0.2, 0) is 4.79 Å². The average Bonchev–Trinajstić information content (AvgIpc) is 3.14. The summed E-state index contributed by atoms with van der Waals surface area (Å²) in [6, 6.07) is 7.67. The van der Waals surface area contributed by atoms with Crippen LogP contribution in [0.2, 0.25) is 0 Å². The molecule has 3 rings (SSSR count). The van der Waals surface area contributed by atoms with Crippen LogP contribution in [0.1, 0.15) is 61.4 Å². The molecule has 2 aliphatic rings. The second kappa shape index (κ2) is 6.47. The first-order valence-corrected chi connectivity index (χ1v) is 8.40. The van der Waals surface area contributed by atoms with E-state index in [1.165, 1.54) is 12.8 Å². The number of benzene rings is 1. The number of ketones is 1. The fourth-order valence-corrected chi connectivity index (χ4v) is 3.64. The van der Waals surface area contributed by atoms with Crippen LogP contribution in [0, 0.1) is 5.92 Å². The highest BCUT2D eigenvalue weighted by Gasteiger charge is 2.37. The smallest absolute Gasteiger partial charge is 0.255 e. The summed E-state index contributed by atoms with van der Waals surface area (Å²) in [4.78, 5) is 25.3. The van der Waals surface area contributed by atoms with Gasteiger partial charge in [0.15, 0.2) is 5.78 Å². The number of hydrogen-bond donors (Lipinski definition) is 1. The zero-order valence-electron chi connectivity index (χ0n) is 13.2. The number of unbranched alkanes of at least 4 members (excludes halogenated alkanes) is 1. The first-order chi connectivity index (χ1) is 10.7. The summed E-state index contributed by atoms with van der Waals surface area (Å²) in [6.45, 7) is 2.73. The van der Waals surface area contributed by atoms with Crippen molar-refractivity contribution in [1.29, 1.82) is 0 Å². The predicted octanol–water partition coefficient (Wildman–Crippen LogP) is 3.74. The second-order valence-corrected chi connectivity index (χ2v) is 6.25. The van der Waals surface area contributed by atoms with Gasteiger partial charge in [0.2, 0.25) is 0 Å². The Balaban J connectivity index is 1.97. The number of rotatable bonds is 5. The van der Waals surface area contributed by atoms with E-state index >= 15 is 0 Å². The minimum absolute atomic E-state index is 0.0912. The zero-order chi connectivity index (χ0) is 15.5. The number of Topliss-reactive ketones (excluding diaryl/α,β-unsaturated/α-hetero) is 1. The molecule has 1 N–H and O–H groups in total. The van der Waals surface area contributed by atoms with Crippen LogP contribution in [0.5, 0.6) is 0 Å². The maximum Gasteiger partial charge on any atom is 0.255 e. The molecule has 0 aliphatic heterocycles. The number of allylic oxidation sites excluding steroid dienone is 1. The zero-order valence-corrected chi connectivity index (χ0v) is 13.2. The first-order valence-electron chi connectivity index (χ1n) is 8.40. The number of hydrogen-bond acceptors (Lipinski definition) is 2. The number of amides is 1. The van der Waals surface area contributed by atoms with E-state index < -0.39 is 0 Å². The summed E-state index contributed by atoms with van der Waals surface area (Å²) in [6.07, 6.45) is 6.53. The third kappa shape index (κ3) is 2.60. The molecule has 2 aliphatic carbocycles.